The first-order chi connectivity index (χ1) is 6.91. The summed E-state index contributed by atoms with van der Waals surface area (Å²) in [6.45, 7) is 7.01. The van der Waals surface area contributed by atoms with E-state index in [1.54, 1.807) is 0 Å². The van der Waals surface area contributed by atoms with E-state index in [2.05, 4.69) is 26.1 Å². The van der Waals surface area contributed by atoms with Crippen LogP contribution in [0.1, 0.15) is 40.0 Å². The van der Waals surface area contributed by atoms with E-state index in [1.165, 1.54) is 12.8 Å². The largest absolute Gasteiger partial charge is 0.352 e. The fourth-order valence-corrected chi connectivity index (χ4v) is 3.73. The number of fused-ring (bicyclic) bond motifs is 2. The normalized spacial score (nSPS) is 41.9. The second kappa shape index (κ2) is 3.38. The van der Waals surface area contributed by atoms with Crippen molar-refractivity contribution in [3.8, 4) is 0 Å². The van der Waals surface area contributed by atoms with Crippen molar-refractivity contribution in [1.29, 1.82) is 0 Å². The third kappa shape index (κ3) is 1.41. The summed E-state index contributed by atoms with van der Waals surface area (Å²) >= 11 is 5.54. The quantitative estimate of drug-likeness (QED) is 0.725. The van der Waals surface area contributed by atoms with Crippen molar-refractivity contribution in [2.75, 3.05) is 5.88 Å². The van der Waals surface area contributed by atoms with Crippen LogP contribution in [-0.4, -0.2) is 17.8 Å². The third-order valence-corrected chi connectivity index (χ3v) is 5.49. The zero-order valence-corrected chi connectivity index (χ0v) is 10.5. The van der Waals surface area contributed by atoms with Gasteiger partial charge in [0, 0.05) is 6.04 Å². The minimum atomic E-state index is -0.0220. The van der Waals surface area contributed by atoms with Gasteiger partial charge in [0.1, 0.15) is 5.88 Å². The van der Waals surface area contributed by atoms with Crippen LogP contribution in [0.3, 0.4) is 0 Å². The molecule has 2 bridgehead atoms. The molecule has 2 saturated carbocycles. The molecule has 2 rings (SSSR count). The van der Waals surface area contributed by atoms with Crippen LogP contribution in [0.4, 0.5) is 0 Å². The van der Waals surface area contributed by atoms with E-state index in [0.717, 1.165) is 12.3 Å². The molecule has 3 atom stereocenters. The van der Waals surface area contributed by atoms with Crippen LogP contribution < -0.4 is 5.32 Å². The SMILES string of the molecule is CC1(C)[C@H]2CC[C@]1(C)[C@@H](NC(=O)CCl)C2. The van der Waals surface area contributed by atoms with E-state index < -0.39 is 0 Å². The number of carbonyl (C=O) groups is 1. The van der Waals surface area contributed by atoms with Gasteiger partial charge in [0.2, 0.25) is 5.91 Å². The molecule has 0 spiro atoms. The van der Waals surface area contributed by atoms with Gasteiger partial charge in [-0.05, 0) is 36.0 Å². The Morgan fingerprint density at radius 1 is 1.47 bits per heavy atom. The van der Waals surface area contributed by atoms with E-state index in [-0.39, 0.29) is 17.2 Å². The fourth-order valence-electron chi connectivity index (χ4n) is 3.65. The molecule has 0 heterocycles. The number of rotatable bonds is 2. The number of amides is 1. The first-order valence-electron chi connectivity index (χ1n) is 5.77. The smallest absolute Gasteiger partial charge is 0.235 e. The van der Waals surface area contributed by atoms with Gasteiger partial charge in [0.25, 0.3) is 0 Å². The summed E-state index contributed by atoms with van der Waals surface area (Å²) in [6.07, 6.45) is 3.68. The molecular weight excluding hydrogens is 210 g/mol. The lowest BCUT2D eigenvalue weighted by molar-refractivity contribution is -0.120. The van der Waals surface area contributed by atoms with Crippen molar-refractivity contribution >= 4 is 17.5 Å². The number of alkyl halides is 1. The lowest BCUT2D eigenvalue weighted by Gasteiger charge is -2.39. The van der Waals surface area contributed by atoms with E-state index in [0.29, 0.717) is 11.5 Å². The lowest BCUT2D eigenvalue weighted by atomic mass is 9.69. The van der Waals surface area contributed by atoms with Crippen LogP contribution in [0.25, 0.3) is 0 Å². The summed E-state index contributed by atoms with van der Waals surface area (Å²) in [5, 5.41) is 3.09. The van der Waals surface area contributed by atoms with Crippen molar-refractivity contribution < 1.29 is 4.79 Å². The molecule has 2 aliphatic carbocycles. The van der Waals surface area contributed by atoms with Crippen molar-refractivity contribution in [2.45, 2.75) is 46.1 Å². The van der Waals surface area contributed by atoms with Gasteiger partial charge < -0.3 is 5.32 Å². The summed E-state index contributed by atoms with van der Waals surface area (Å²) in [4.78, 5) is 11.4. The van der Waals surface area contributed by atoms with Crippen LogP contribution in [0, 0.1) is 16.7 Å². The average molecular weight is 230 g/mol. The standard InChI is InChI=1S/C12H20ClNO/c1-11(2)8-4-5-12(11,3)9(6-8)14-10(15)7-13/h8-9H,4-7H2,1-3H3,(H,14,15)/t8-,9-,12+/m0/s1. The van der Waals surface area contributed by atoms with E-state index in [4.69, 9.17) is 11.6 Å². The summed E-state index contributed by atoms with van der Waals surface area (Å²) < 4.78 is 0. The van der Waals surface area contributed by atoms with Gasteiger partial charge in [-0.25, -0.2) is 0 Å². The van der Waals surface area contributed by atoms with E-state index in [9.17, 15) is 4.79 Å². The Balaban J connectivity index is 2.15. The Kier molecular flexibility index (Phi) is 2.53. The molecule has 3 heteroatoms. The molecule has 0 aromatic rings. The Labute approximate surface area is 96.8 Å². The highest BCUT2D eigenvalue weighted by Crippen LogP contribution is 2.65. The molecule has 1 N–H and O–H groups in total. The monoisotopic (exact) mass is 229 g/mol. The van der Waals surface area contributed by atoms with Crippen molar-refractivity contribution in [3.05, 3.63) is 0 Å². The van der Waals surface area contributed by atoms with Gasteiger partial charge in [-0.1, -0.05) is 20.8 Å². The first-order valence-corrected chi connectivity index (χ1v) is 6.30. The number of carbonyl (C=O) groups excluding carboxylic acids is 1. The van der Waals surface area contributed by atoms with Crippen molar-refractivity contribution in [3.63, 3.8) is 0 Å². The van der Waals surface area contributed by atoms with Crippen LogP contribution in [0.5, 0.6) is 0 Å². The van der Waals surface area contributed by atoms with Gasteiger partial charge in [-0.3, -0.25) is 4.79 Å². The molecular formula is C12H20ClNO. The fraction of sp³-hybridized carbons (Fsp3) is 0.917. The van der Waals surface area contributed by atoms with Crippen LogP contribution >= 0.6 is 11.6 Å². The second-order valence-corrected chi connectivity index (χ2v) is 6.13. The highest BCUT2D eigenvalue weighted by Gasteiger charge is 2.61. The van der Waals surface area contributed by atoms with Gasteiger partial charge in [-0.15, -0.1) is 11.6 Å². The van der Waals surface area contributed by atoms with E-state index >= 15 is 0 Å². The van der Waals surface area contributed by atoms with Gasteiger partial charge in [0.05, 0.1) is 0 Å². The van der Waals surface area contributed by atoms with Gasteiger partial charge in [0.15, 0.2) is 0 Å². The number of halogens is 1. The second-order valence-electron chi connectivity index (χ2n) is 5.86. The first kappa shape index (κ1) is 11.3. The van der Waals surface area contributed by atoms with Crippen molar-refractivity contribution in [2.24, 2.45) is 16.7 Å². The number of nitrogens with one attached hydrogen (secondary N) is 1. The van der Waals surface area contributed by atoms with Crippen LogP contribution in [-0.2, 0) is 4.79 Å². The molecule has 2 nitrogen and oxygen atoms in total. The summed E-state index contributed by atoms with van der Waals surface area (Å²) in [7, 11) is 0. The molecule has 86 valence electrons. The zero-order valence-electron chi connectivity index (χ0n) is 9.77. The number of hydrogen-bond donors (Lipinski definition) is 1. The van der Waals surface area contributed by atoms with Crippen LogP contribution in [0.15, 0.2) is 0 Å². The molecule has 0 aromatic heterocycles. The van der Waals surface area contributed by atoms with E-state index in [1.807, 2.05) is 0 Å². The lowest BCUT2D eigenvalue weighted by Crippen LogP contribution is -2.47. The summed E-state index contributed by atoms with van der Waals surface area (Å²) in [5.41, 5.74) is 0.622. The molecule has 0 unspecified atom stereocenters. The topological polar surface area (TPSA) is 29.1 Å². The Bertz CT molecular complexity index is 289. The summed E-state index contributed by atoms with van der Waals surface area (Å²) in [6, 6.07) is 0.331. The highest BCUT2D eigenvalue weighted by molar-refractivity contribution is 6.27. The minimum Gasteiger partial charge on any atom is -0.352 e. The minimum absolute atomic E-state index is 0.0220. The third-order valence-electron chi connectivity index (χ3n) is 5.25. The Morgan fingerprint density at radius 3 is 2.53 bits per heavy atom. The Hall–Kier alpha value is -0.240. The average Bonchev–Trinajstić information content (AvgIpc) is 2.50. The predicted octanol–water partition coefficient (Wildman–Crippen LogP) is 2.56. The van der Waals surface area contributed by atoms with Crippen molar-refractivity contribution in [1.82, 2.24) is 5.32 Å². The molecule has 0 saturated heterocycles. The predicted molar refractivity (Wildman–Crippen MR) is 61.9 cm³/mol. The number of hydrogen-bond acceptors (Lipinski definition) is 1. The molecule has 0 aliphatic heterocycles. The molecule has 0 radical (unpaired) electrons. The summed E-state index contributed by atoms with van der Waals surface area (Å²) in [5.74, 6) is 0.826. The van der Waals surface area contributed by atoms with Gasteiger partial charge >= 0.3 is 0 Å². The Morgan fingerprint density at radius 2 is 2.13 bits per heavy atom. The molecule has 2 fully saturated rings. The maximum atomic E-state index is 11.4. The zero-order chi connectivity index (χ0) is 11.3. The molecule has 0 aromatic carbocycles. The molecule has 2 aliphatic rings. The van der Waals surface area contributed by atoms with Gasteiger partial charge in [-0.2, -0.15) is 0 Å². The molecule has 1 amide bonds. The maximum absolute atomic E-state index is 11.4. The van der Waals surface area contributed by atoms with Crippen LogP contribution in [0.2, 0.25) is 0 Å². The maximum Gasteiger partial charge on any atom is 0.235 e. The molecule has 15 heavy (non-hydrogen) atoms. The highest BCUT2D eigenvalue weighted by atomic mass is 35.5.